The van der Waals surface area contributed by atoms with Gasteiger partial charge in [0.05, 0.1) is 12.5 Å². The highest BCUT2D eigenvalue weighted by Gasteiger charge is 2.53. The molecule has 3 N–H and O–H groups in total. The number of fused-ring (bicyclic) bond motifs is 2. The summed E-state index contributed by atoms with van der Waals surface area (Å²) < 4.78 is 24.6. The molecule has 0 aliphatic carbocycles. The largest absolute Gasteiger partial charge is 0.387 e. The molecule has 2 fully saturated rings. The number of aromatic amines is 2. The molecule has 4 heterocycles. The smallest absolute Gasteiger partial charge is 0.163 e. The molecule has 0 radical (unpaired) electrons. The molecule has 184 valence electrons. The number of para-hydroxylation sites is 2. The summed E-state index contributed by atoms with van der Waals surface area (Å²) in [6, 6.07) is 20.7. The Morgan fingerprint density at radius 3 is 1.83 bits per heavy atom. The molecule has 0 bridgehead atoms. The van der Waals surface area contributed by atoms with Crippen molar-refractivity contribution in [2.45, 2.75) is 69.6 Å². The quantitative estimate of drug-likeness (QED) is 0.385. The Morgan fingerprint density at radius 1 is 0.771 bits per heavy atom. The zero-order chi connectivity index (χ0) is 24.4. The lowest BCUT2D eigenvalue weighted by Gasteiger charge is -2.30. The average Bonchev–Trinajstić information content (AvgIpc) is 3.57. The molecule has 2 aliphatic heterocycles. The van der Waals surface area contributed by atoms with Crippen molar-refractivity contribution < 1.29 is 24.1 Å². The van der Waals surface area contributed by atoms with Gasteiger partial charge in [0.1, 0.15) is 24.4 Å². The van der Waals surface area contributed by atoms with E-state index >= 15 is 0 Å². The van der Waals surface area contributed by atoms with Crippen LogP contribution in [0.5, 0.6) is 0 Å². The molecule has 4 aromatic rings. The van der Waals surface area contributed by atoms with Gasteiger partial charge in [0.25, 0.3) is 0 Å². The number of H-pyrrole nitrogens is 2. The van der Waals surface area contributed by atoms with Gasteiger partial charge in [-0.2, -0.15) is 0 Å². The van der Waals surface area contributed by atoms with Crippen LogP contribution in [0.25, 0.3) is 21.8 Å². The molecule has 2 aliphatic rings. The Balaban J connectivity index is 1.45. The summed E-state index contributed by atoms with van der Waals surface area (Å²) in [5, 5.41) is 13.7. The second kappa shape index (κ2) is 8.18. The van der Waals surface area contributed by atoms with Crippen molar-refractivity contribution in [1.29, 1.82) is 0 Å². The van der Waals surface area contributed by atoms with E-state index in [1.807, 2.05) is 52.0 Å². The first-order valence-corrected chi connectivity index (χ1v) is 12.2. The van der Waals surface area contributed by atoms with Crippen LogP contribution in [0.4, 0.5) is 0 Å². The molecule has 4 atom stereocenters. The SMILES string of the molecule is CC1(C)O[C@@H]([C@H](O)[C@H]2COC(C)(C)O2)[C@@H](C(c2cc3ccccc3[nH]2)c2cc3ccccc3[nH]2)O1. The van der Waals surface area contributed by atoms with Crippen LogP contribution in [0.3, 0.4) is 0 Å². The summed E-state index contributed by atoms with van der Waals surface area (Å²) in [7, 11) is 0. The molecule has 7 heteroatoms. The van der Waals surface area contributed by atoms with Crippen LogP contribution in [-0.2, 0) is 18.9 Å². The first-order chi connectivity index (χ1) is 16.7. The predicted molar refractivity (Wildman–Crippen MR) is 133 cm³/mol. The highest BCUT2D eigenvalue weighted by molar-refractivity contribution is 5.82. The fourth-order valence-electron chi connectivity index (χ4n) is 5.48. The molecule has 0 saturated carbocycles. The maximum absolute atomic E-state index is 11.5. The second-order valence-corrected chi connectivity index (χ2v) is 10.5. The van der Waals surface area contributed by atoms with Crippen LogP contribution in [0.15, 0.2) is 60.7 Å². The van der Waals surface area contributed by atoms with E-state index in [0.29, 0.717) is 6.61 Å². The van der Waals surface area contributed by atoms with Crippen LogP contribution in [0, 0.1) is 0 Å². The van der Waals surface area contributed by atoms with E-state index in [1.165, 1.54) is 0 Å². The lowest BCUT2D eigenvalue weighted by molar-refractivity contribution is -0.178. The summed E-state index contributed by atoms with van der Waals surface area (Å²) in [5.41, 5.74) is 4.08. The van der Waals surface area contributed by atoms with Gasteiger partial charge < -0.3 is 34.0 Å². The van der Waals surface area contributed by atoms with Crippen molar-refractivity contribution in [2.75, 3.05) is 6.61 Å². The molecule has 35 heavy (non-hydrogen) atoms. The van der Waals surface area contributed by atoms with Gasteiger partial charge in [-0.05, 0) is 62.7 Å². The highest BCUT2D eigenvalue weighted by atomic mass is 16.8. The van der Waals surface area contributed by atoms with Crippen LogP contribution in [0.1, 0.15) is 45.0 Å². The number of aliphatic hydroxyl groups is 1. The summed E-state index contributed by atoms with van der Waals surface area (Å²) in [6.45, 7) is 7.77. The van der Waals surface area contributed by atoms with Crippen molar-refractivity contribution in [3.63, 3.8) is 0 Å². The minimum Gasteiger partial charge on any atom is -0.387 e. The van der Waals surface area contributed by atoms with Gasteiger partial charge in [-0.1, -0.05) is 36.4 Å². The Hall–Kier alpha value is -2.68. The summed E-state index contributed by atoms with van der Waals surface area (Å²) in [5.74, 6) is -1.86. The molecule has 2 saturated heterocycles. The fourth-order valence-corrected chi connectivity index (χ4v) is 5.48. The Morgan fingerprint density at radius 2 is 1.31 bits per heavy atom. The van der Waals surface area contributed by atoms with Crippen molar-refractivity contribution in [2.24, 2.45) is 0 Å². The number of hydrogen-bond donors (Lipinski definition) is 3. The van der Waals surface area contributed by atoms with E-state index in [1.54, 1.807) is 0 Å². The highest BCUT2D eigenvalue weighted by Crippen LogP contribution is 2.43. The third-order valence-electron chi connectivity index (χ3n) is 7.01. The number of rotatable bonds is 5. The number of nitrogens with one attached hydrogen (secondary N) is 2. The van der Waals surface area contributed by atoms with E-state index in [4.69, 9.17) is 18.9 Å². The number of benzene rings is 2. The lowest BCUT2D eigenvalue weighted by Crippen LogP contribution is -2.46. The van der Waals surface area contributed by atoms with E-state index in [9.17, 15) is 5.11 Å². The van der Waals surface area contributed by atoms with Crippen molar-refractivity contribution in [3.05, 3.63) is 72.1 Å². The van der Waals surface area contributed by atoms with Crippen LogP contribution >= 0.6 is 0 Å². The van der Waals surface area contributed by atoms with Gasteiger partial charge in [-0.3, -0.25) is 0 Å². The van der Waals surface area contributed by atoms with E-state index in [0.717, 1.165) is 33.2 Å². The van der Waals surface area contributed by atoms with Gasteiger partial charge >= 0.3 is 0 Å². The molecular formula is C28H32N2O5. The van der Waals surface area contributed by atoms with Crippen LogP contribution in [-0.4, -0.2) is 57.7 Å². The monoisotopic (exact) mass is 476 g/mol. The number of ether oxygens (including phenoxy) is 4. The lowest BCUT2D eigenvalue weighted by atomic mass is 9.88. The third-order valence-corrected chi connectivity index (χ3v) is 7.01. The average molecular weight is 477 g/mol. The first kappa shape index (κ1) is 22.8. The molecule has 0 amide bonds. The minimum atomic E-state index is -0.931. The Bertz CT molecular complexity index is 1220. The minimum absolute atomic E-state index is 0.244. The third kappa shape index (κ3) is 4.17. The molecule has 2 aromatic heterocycles. The normalized spacial score (nSPS) is 26.7. The summed E-state index contributed by atoms with van der Waals surface area (Å²) in [4.78, 5) is 7.18. The van der Waals surface area contributed by atoms with Crippen molar-refractivity contribution >= 4 is 21.8 Å². The van der Waals surface area contributed by atoms with Crippen molar-refractivity contribution in [3.8, 4) is 0 Å². The number of aliphatic hydroxyl groups excluding tert-OH is 1. The second-order valence-electron chi connectivity index (χ2n) is 10.5. The van der Waals surface area contributed by atoms with Crippen LogP contribution in [0.2, 0.25) is 0 Å². The first-order valence-electron chi connectivity index (χ1n) is 12.2. The standard InChI is InChI=1S/C28H32N2O5/c1-27(2)32-15-22(33-27)24(31)26-25(34-28(3,4)35-26)23(20-13-16-9-5-7-11-18(16)29-20)21-14-17-10-6-8-12-19(17)30-21/h5-14,22-26,29-31H,15H2,1-4H3/t22-,24-,25-,26+/m1/s1. The van der Waals surface area contributed by atoms with E-state index < -0.39 is 36.0 Å². The Labute approximate surface area is 204 Å². The maximum atomic E-state index is 11.5. The van der Waals surface area contributed by atoms with Crippen LogP contribution < -0.4 is 0 Å². The Kier molecular flexibility index (Phi) is 5.32. The van der Waals surface area contributed by atoms with Crippen molar-refractivity contribution in [1.82, 2.24) is 9.97 Å². The van der Waals surface area contributed by atoms with Gasteiger partial charge in [-0.25, -0.2) is 0 Å². The predicted octanol–water partition coefficient (Wildman–Crippen LogP) is 4.81. The topological polar surface area (TPSA) is 88.7 Å². The molecule has 0 unspecified atom stereocenters. The van der Waals surface area contributed by atoms with E-state index in [2.05, 4.69) is 46.4 Å². The number of hydrogen-bond acceptors (Lipinski definition) is 5. The van der Waals surface area contributed by atoms with E-state index in [-0.39, 0.29) is 5.92 Å². The molecule has 0 spiro atoms. The molecule has 2 aromatic carbocycles. The van der Waals surface area contributed by atoms with Gasteiger partial charge in [-0.15, -0.1) is 0 Å². The molecule has 6 rings (SSSR count). The molecule has 7 nitrogen and oxygen atoms in total. The fraction of sp³-hybridized carbons (Fsp3) is 0.429. The molecular weight excluding hydrogens is 444 g/mol. The zero-order valence-electron chi connectivity index (χ0n) is 20.4. The zero-order valence-corrected chi connectivity index (χ0v) is 20.4. The maximum Gasteiger partial charge on any atom is 0.163 e. The van der Waals surface area contributed by atoms with Gasteiger partial charge in [0, 0.05) is 22.4 Å². The van der Waals surface area contributed by atoms with Gasteiger partial charge in [0.15, 0.2) is 11.6 Å². The number of aromatic nitrogens is 2. The summed E-state index contributed by atoms with van der Waals surface area (Å²) >= 11 is 0. The van der Waals surface area contributed by atoms with Gasteiger partial charge in [0.2, 0.25) is 0 Å². The summed E-state index contributed by atoms with van der Waals surface area (Å²) in [6.07, 6.45) is -2.55.